The summed E-state index contributed by atoms with van der Waals surface area (Å²) in [5, 5.41) is 21.8. The Morgan fingerprint density at radius 1 is 1.27 bits per heavy atom. The Bertz CT molecular complexity index is 1680. The summed E-state index contributed by atoms with van der Waals surface area (Å²) in [6, 6.07) is 2.50. The first kappa shape index (κ1) is 28.4. The molecule has 4 aromatic rings. The zero-order valence-electron chi connectivity index (χ0n) is 22.2. The second-order valence-electron chi connectivity index (χ2n) is 9.57. The highest BCUT2D eigenvalue weighted by Gasteiger charge is 2.33. The van der Waals surface area contributed by atoms with E-state index in [1.54, 1.807) is 13.0 Å². The number of rotatable bonds is 11. The predicted molar refractivity (Wildman–Crippen MR) is 149 cm³/mol. The first-order chi connectivity index (χ1) is 19.8. The highest BCUT2D eigenvalue weighted by Crippen LogP contribution is 2.31. The number of nitrogens with zero attached hydrogens (tertiary/aromatic N) is 4. The number of fused-ring (bicyclic) bond motifs is 1. The van der Waals surface area contributed by atoms with Gasteiger partial charge in [0, 0.05) is 11.1 Å². The van der Waals surface area contributed by atoms with Crippen molar-refractivity contribution in [3.05, 3.63) is 81.0 Å². The Morgan fingerprint density at radius 2 is 2.05 bits per heavy atom. The van der Waals surface area contributed by atoms with Crippen LogP contribution in [0, 0.1) is 12.7 Å². The molecule has 4 heterocycles. The van der Waals surface area contributed by atoms with Crippen LogP contribution in [0.25, 0.3) is 15.2 Å². The maximum Gasteiger partial charge on any atom is 0.330 e. The number of amides is 1. The van der Waals surface area contributed by atoms with Crippen LogP contribution in [0.4, 0.5) is 4.39 Å². The fourth-order valence-corrected chi connectivity index (χ4v) is 5.98. The summed E-state index contributed by atoms with van der Waals surface area (Å²) in [5.74, 6) is -0.679. The van der Waals surface area contributed by atoms with Crippen molar-refractivity contribution in [1.82, 2.24) is 29.9 Å². The second-order valence-corrected chi connectivity index (χ2v) is 10.6. The molecule has 1 aromatic carbocycles. The molecular formula is C27H29FN6O6S. The lowest BCUT2D eigenvalue weighted by molar-refractivity contribution is -0.127. The largest absolute Gasteiger partial charge is 0.491 e. The van der Waals surface area contributed by atoms with E-state index in [1.807, 2.05) is 0 Å². The molecule has 1 aliphatic heterocycles. The van der Waals surface area contributed by atoms with Gasteiger partial charge < -0.3 is 19.9 Å². The van der Waals surface area contributed by atoms with Crippen molar-refractivity contribution in [3.8, 4) is 10.8 Å². The Kier molecular flexibility index (Phi) is 8.42. The molecule has 216 valence electrons. The molecule has 1 amide bonds. The van der Waals surface area contributed by atoms with Gasteiger partial charge in [-0.2, -0.15) is 10.2 Å². The summed E-state index contributed by atoms with van der Waals surface area (Å²) >= 11 is 1.18. The molecule has 3 aromatic heterocycles. The Hall–Kier alpha value is -4.14. The van der Waals surface area contributed by atoms with Gasteiger partial charge in [-0.15, -0.1) is 11.4 Å². The molecule has 1 aliphatic rings. The third-order valence-electron chi connectivity index (χ3n) is 6.91. The number of aliphatic hydroxyl groups is 1. The number of thiophene rings is 1. The second kappa shape index (κ2) is 12.2. The van der Waals surface area contributed by atoms with Gasteiger partial charge >= 0.3 is 5.69 Å². The number of aryl methyl sites for hydroxylation is 1. The number of benzene rings is 1. The molecule has 0 aliphatic carbocycles. The van der Waals surface area contributed by atoms with E-state index in [1.165, 1.54) is 46.7 Å². The molecule has 0 saturated carbocycles. The van der Waals surface area contributed by atoms with Crippen LogP contribution in [0.5, 0.6) is 5.75 Å². The standard InChI is InChI=1S/C27H29FN6O6S/c1-3-4-11-39-21(13-35)18-12-16(28)5-8-20(18)40-14-17-6-7-19(23(36)31-17)33-25(37)22-15(2)26(34-29-9-10-30-34)41-24(22)32-27(33)38/h3,5,8-10,12,17,19,21,35H,1,4,6-7,11,13-14H2,2H3,(H,31,36)(H,32,38)/t17?,19?,21-/m0/s1. The minimum Gasteiger partial charge on any atom is -0.491 e. The summed E-state index contributed by atoms with van der Waals surface area (Å²) in [6.07, 6.45) is 5.10. The van der Waals surface area contributed by atoms with Gasteiger partial charge in [0.05, 0.1) is 37.0 Å². The highest BCUT2D eigenvalue weighted by atomic mass is 32.1. The molecule has 2 unspecified atom stereocenters. The minimum atomic E-state index is -1.00. The van der Waals surface area contributed by atoms with Crippen molar-refractivity contribution in [2.24, 2.45) is 0 Å². The monoisotopic (exact) mass is 584 g/mol. The van der Waals surface area contributed by atoms with Crippen molar-refractivity contribution in [2.45, 2.75) is 44.4 Å². The quantitative estimate of drug-likeness (QED) is 0.179. The number of aromatic nitrogens is 5. The third-order valence-corrected chi connectivity index (χ3v) is 8.08. The van der Waals surface area contributed by atoms with E-state index in [0.717, 1.165) is 4.57 Å². The number of nitrogens with one attached hydrogen (secondary N) is 2. The minimum absolute atomic E-state index is 0.0516. The maximum absolute atomic E-state index is 14.0. The van der Waals surface area contributed by atoms with E-state index in [-0.39, 0.29) is 19.6 Å². The molecule has 1 fully saturated rings. The topological polar surface area (TPSA) is 153 Å². The Morgan fingerprint density at radius 3 is 2.76 bits per heavy atom. The van der Waals surface area contributed by atoms with Crippen molar-refractivity contribution < 1.29 is 23.8 Å². The van der Waals surface area contributed by atoms with E-state index in [2.05, 4.69) is 27.1 Å². The molecule has 5 rings (SSSR count). The fraction of sp³-hybridized carbons (Fsp3) is 0.370. The number of hydrogen-bond acceptors (Lipinski definition) is 9. The van der Waals surface area contributed by atoms with Crippen LogP contribution in [0.2, 0.25) is 0 Å². The van der Waals surface area contributed by atoms with Crippen molar-refractivity contribution in [2.75, 3.05) is 19.8 Å². The number of hydrogen-bond donors (Lipinski definition) is 3. The van der Waals surface area contributed by atoms with Gasteiger partial charge in [-0.05, 0) is 44.4 Å². The van der Waals surface area contributed by atoms with Crippen LogP contribution in [-0.2, 0) is 9.53 Å². The number of H-pyrrole nitrogens is 1. The predicted octanol–water partition coefficient (Wildman–Crippen LogP) is 2.30. The first-order valence-corrected chi connectivity index (χ1v) is 13.8. The number of carbonyl (C=O) groups is 1. The molecule has 3 N–H and O–H groups in total. The van der Waals surface area contributed by atoms with Gasteiger partial charge in [-0.25, -0.2) is 13.8 Å². The lowest BCUT2D eigenvalue weighted by Gasteiger charge is -2.30. The van der Waals surface area contributed by atoms with Crippen LogP contribution < -0.4 is 21.3 Å². The number of carbonyl (C=O) groups excluding carboxylic acids is 1. The average Bonchev–Trinajstić information content (AvgIpc) is 3.59. The molecule has 0 radical (unpaired) electrons. The van der Waals surface area contributed by atoms with E-state index in [0.29, 0.717) is 51.5 Å². The molecule has 0 spiro atoms. The van der Waals surface area contributed by atoms with Crippen LogP contribution in [0.15, 0.2) is 52.8 Å². The number of halogens is 1. The first-order valence-electron chi connectivity index (χ1n) is 13.0. The zero-order valence-corrected chi connectivity index (χ0v) is 23.0. The molecule has 41 heavy (non-hydrogen) atoms. The number of ether oxygens (including phenoxy) is 2. The van der Waals surface area contributed by atoms with Gasteiger partial charge in [0.1, 0.15) is 40.2 Å². The van der Waals surface area contributed by atoms with E-state index >= 15 is 0 Å². The van der Waals surface area contributed by atoms with Gasteiger partial charge in [0.25, 0.3) is 5.56 Å². The average molecular weight is 585 g/mol. The van der Waals surface area contributed by atoms with Gasteiger partial charge in [-0.1, -0.05) is 17.4 Å². The van der Waals surface area contributed by atoms with Crippen molar-refractivity contribution in [1.29, 1.82) is 0 Å². The highest BCUT2D eigenvalue weighted by molar-refractivity contribution is 7.21. The summed E-state index contributed by atoms with van der Waals surface area (Å²) in [6.45, 7) is 5.34. The smallest absolute Gasteiger partial charge is 0.330 e. The summed E-state index contributed by atoms with van der Waals surface area (Å²) in [7, 11) is 0. The summed E-state index contributed by atoms with van der Waals surface area (Å²) < 4.78 is 26.6. The lowest BCUT2D eigenvalue weighted by atomic mass is 10.00. The van der Waals surface area contributed by atoms with E-state index in [9.17, 15) is 23.9 Å². The molecule has 14 heteroatoms. The maximum atomic E-state index is 14.0. The van der Waals surface area contributed by atoms with Gasteiger partial charge in [0.2, 0.25) is 5.91 Å². The van der Waals surface area contributed by atoms with Gasteiger partial charge in [-0.3, -0.25) is 14.6 Å². The molecule has 0 bridgehead atoms. The Balaban J connectivity index is 1.31. The lowest BCUT2D eigenvalue weighted by Crippen LogP contribution is -2.52. The van der Waals surface area contributed by atoms with Crippen LogP contribution >= 0.6 is 11.3 Å². The van der Waals surface area contributed by atoms with Crippen LogP contribution in [0.3, 0.4) is 0 Å². The van der Waals surface area contributed by atoms with Crippen LogP contribution in [-0.4, -0.2) is 61.4 Å². The van der Waals surface area contributed by atoms with Crippen LogP contribution in [0.1, 0.15) is 42.5 Å². The zero-order chi connectivity index (χ0) is 29.1. The molecular weight excluding hydrogens is 555 g/mol. The van der Waals surface area contributed by atoms with Crippen molar-refractivity contribution in [3.63, 3.8) is 0 Å². The number of piperidine rings is 1. The summed E-state index contributed by atoms with van der Waals surface area (Å²) in [4.78, 5) is 44.0. The van der Waals surface area contributed by atoms with E-state index in [4.69, 9.17) is 9.47 Å². The fourth-order valence-electron chi connectivity index (χ4n) is 4.87. The Labute approximate surface area is 237 Å². The molecule has 3 atom stereocenters. The molecule has 12 nitrogen and oxygen atoms in total. The normalized spacial score (nSPS) is 17.9. The number of aliphatic hydroxyl groups excluding tert-OH is 1. The molecule has 1 saturated heterocycles. The van der Waals surface area contributed by atoms with Crippen molar-refractivity contribution >= 4 is 27.5 Å². The SMILES string of the molecule is C=CCCO[C@@H](CO)c1cc(F)ccc1OCC1CCC(n2c(=O)[nH]c3sc(-n4nccn4)c(C)c3c2=O)C(=O)N1. The summed E-state index contributed by atoms with van der Waals surface area (Å²) in [5.41, 5.74) is -0.295. The van der Waals surface area contributed by atoms with E-state index < -0.39 is 41.2 Å². The number of aromatic amines is 1. The third kappa shape index (κ3) is 5.71. The van der Waals surface area contributed by atoms with Gasteiger partial charge in [0.15, 0.2) is 0 Å².